The van der Waals surface area contributed by atoms with Crippen molar-refractivity contribution in [2.24, 2.45) is 0 Å². The van der Waals surface area contributed by atoms with Crippen LogP contribution in [-0.2, 0) is 10.2 Å². The van der Waals surface area contributed by atoms with Gasteiger partial charge in [-0.2, -0.15) is 0 Å². The minimum Gasteiger partial charge on any atom is -0.478 e. The fourth-order valence-electron chi connectivity index (χ4n) is 2.97. The molecule has 0 spiro atoms. The Labute approximate surface area is 144 Å². The SMILES string of the molecule is O=C(O)c1ccc(C(=O)NCC2(c3cccs3)CCOCC2)cc1. The monoisotopic (exact) mass is 345 g/mol. The van der Waals surface area contributed by atoms with Gasteiger partial charge in [-0.15, -0.1) is 11.3 Å². The average Bonchev–Trinajstić information content (AvgIpc) is 3.16. The van der Waals surface area contributed by atoms with Crippen molar-refractivity contribution in [3.05, 3.63) is 57.8 Å². The molecule has 1 amide bonds. The summed E-state index contributed by atoms with van der Waals surface area (Å²) in [6.45, 7) is 1.94. The molecule has 1 aliphatic heterocycles. The van der Waals surface area contributed by atoms with Crippen molar-refractivity contribution in [2.45, 2.75) is 18.3 Å². The third-order valence-corrected chi connectivity index (χ3v) is 5.59. The first-order chi connectivity index (χ1) is 11.6. The number of amides is 1. The molecule has 1 aliphatic rings. The third-order valence-electron chi connectivity index (χ3n) is 4.48. The highest BCUT2D eigenvalue weighted by atomic mass is 32.1. The lowest BCUT2D eigenvalue weighted by molar-refractivity contribution is 0.0499. The van der Waals surface area contributed by atoms with Crippen LogP contribution in [0.1, 0.15) is 38.4 Å². The number of ether oxygens (including phenoxy) is 1. The second-order valence-electron chi connectivity index (χ2n) is 5.94. The zero-order chi connectivity index (χ0) is 17.0. The Morgan fingerprint density at radius 2 is 1.79 bits per heavy atom. The summed E-state index contributed by atoms with van der Waals surface area (Å²) in [7, 11) is 0. The van der Waals surface area contributed by atoms with E-state index in [2.05, 4.69) is 16.8 Å². The van der Waals surface area contributed by atoms with Crippen molar-refractivity contribution in [3.8, 4) is 0 Å². The van der Waals surface area contributed by atoms with Crippen molar-refractivity contribution in [1.29, 1.82) is 0 Å². The summed E-state index contributed by atoms with van der Waals surface area (Å²) in [5.41, 5.74) is 0.558. The number of carbonyl (C=O) groups excluding carboxylic acids is 1. The number of hydrogen-bond acceptors (Lipinski definition) is 4. The maximum absolute atomic E-state index is 12.4. The summed E-state index contributed by atoms with van der Waals surface area (Å²) >= 11 is 1.71. The van der Waals surface area contributed by atoms with Gasteiger partial charge in [0.15, 0.2) is 0 Å². The fourth-order valence-corrected chi connectivity index (χ4v) is 3.96. The van der Waals surface area contributed by atoms with E-state index in [9.17, 15) is 9.59 Å². The molecule has 2 heterocycles. The number of thiophene rings is 1. The van der Waals surface area contributed by atoms with Crippen LogP contribution >= 0.6 is 11.3 Å². The van der Waals surface area contributed by atoms with E-state index in [0.717, 1.165) is 12.8 Å². The van der Waals surface area contributed by atoms with Gasteiger partial charge in [0, 0.05) is 35.6 Å². The molecule has 0 bridgehead atoms. The van der Waals surface area contributed by atoms with Gasteiger partial charge in [-0.05, 0) is 48.6 Å². The Bertz CT molecular complexity index is 703. The van der Waals surface area contributed by atoms with Gasteiger partial charge in [0.1, 0.15) is 0 Å². The topological polar surface area (TPSA) is 75.6 Å². The minimum atomic E-state index is -0.999. The zero-order valence-corrected chi connectivity index (χ0v) is 14.0. The number of carboxylic acids is 1. The van der Waals surface area contributed by atoms with Crippen LogP contribution in [0, 0.1) is 0 Å². The second kappa shape index (κ2) is 7.15. The largest absolute Gasteiger partial charge is 0.478 e. The summed E-state index contributed by atoms with van der Waals surface area (Å²) in [6, 6.07) is 10.1. The number of carboxylic acid groups (broad SMARTS) is 1. The molecule has 6 heteroatoms. The van der Waals surface area contributed by atoms with E-state index in [1.54, 1.807) is 23.5 Å². The van der Waals surface area contributed by atoms with Crippen LogP contribution in [-0.4, -0.2) is 36.7 Å². The Morgan fingerprint density at radius 1 is 1.12 bits per heavy atom. The summed E-state index contributed by atoms with van der Waals surface area (Å²) in [5, 5.41) is 14.0. The van der Waals surface area contributed by atoms with Crippen LogP contribution in [0.3, 0.4) is 0 Å². The molecule has 0 aliphatic carbocycles. The van der Waals surface area contributed by atoms with Crippen LogP contribution < -0.4 is 5.32 Å². The normalized spacial score (nSPS) is 16.5. The van der Waals surface area contributed by atoms with Crippen molar-refractivity contribution in [1.82, 2.24) is 5.32 Å². The smallest absolute Gasteiger partial charge is 0.335 e. The summed E-state index contributed by atoms with van der Waals surface area (Å²) in [5.74, 6) is -1.19. The molecule has 2 aromatic rings. The molecule has 3 rings (SSSR count). The van der Waals surface area contributed by atoms with Gasteiger partial charge in [-0.3, -0.25) is 4.79 Å². The van der Waals surface area contributed by atoms with E-state index in [1.807, 2.05) is 6.07 Å². The van der Waals surface area contributed by atoms with E-state index in [0.29, 0.717) is 25.3 Å². The molecule has 0 radical (unpaired) electrons. The maximum Gasteiger partial charge on any atom is 0.335 e. The molecule has 0 unspecified atom stereocenters. The van der Waals surface area contributed by atoms with Crippen LogP contribution in [0.5, 0.6) is 0 Å². The molecular formula is C18H19NO4S. The Hall–Kier alpha value is -2.18. The van der Waals surface area contributed by atoms with Gasteiger partial charge in [-0.1, -0.05) is 6.07 Å². The molecule has 24 heavy (non-hydrogen) atoms. The lowest BCUT2D eigenvalue weighted by atomic mass is 9.78. The molecule has 5 nitrogen and oxygen atoms in total. The zero-order valence-electron chi connectivity index (χ0n) is 13.2. The Morgan fingerprint density at radius 3 is 2.38 bits per heavy atom. The molecule has 1 fully saturated rings. The first kappa shape index (κ1) is 16.7. The standard InChI is InChI=1S/C18H19NO4S/c20-16(13-3-5-14(6-4-13)17(21)22)19-12-18(7-9-23-10-8-18)15-2-1-11-24-15/h1-6,11H,7-10,12H2,(H,19,20)(H,21,22). The van der Waals surface area contributed by atoms with Crippen LogP contribution in [0.15, 0.2) is 41.8 Å². The Balaban J connectivity index is 1.70. The van der Waals surface area contributed by atoms with E-state index in [1.165, 1.54) is 17.0 Å². The van der Waals surface area contributed by atoms with Gasteiger partial charge in [-0.25, -0.2) is 4.79 Å². The highest BCUT2D eigenvalue weighted by Crippen LogP contribution is 2.37. The highest BCUT2D eigenvalue weighted by Gasteiger charge is 2.35. The van der Waals surface area contributed by atoms with E-state index in [-0.39, 0.29) is 16.9 Å². The molecule has 1 saturated heterocycles. The van der Waals surface area contributed by atoms with Crippen molar-refractivity contribution >= 4 is 23.2 Å². The lowest BCUT2D eigenvalue weighted by Crippen LogP contribution is -2.44. The van der Waals surface area contributed by atoms with E-state index < -0.39 is 5.97 Å². The van der Waals surface area contributed by atoms with Crippen LogP contribution in [0.4, 0.5) is 0 Å². The van der Waals surface area contributed by atoms with Crippen LogP contribution in [0.2, 0.25) is 0 Å². The molecule has 0 saturated carbocycles. The maximum atomic E-state index is 12.4. The van der Waals surface area contributed by atoms with Crippen molar-refractivity contribution in [3.63, 3.8) is 0 Å². The predicted molar refractivity (Wildman–Crippen MR) is 91.8 cm³/mol. The van der Waals surface area contributed by atoms with E-state index in [4.69, 9.17) is 9.84 Å². The Kier molecular flexibility index (Phi) is 4.97. The number of hydrogen-bond donors (Lipinski definition) is 2. The molecular weight excluding hydrogens is 326 g/mol. The quantitative estimate of drug-likeness (QED) is 0.874. The molecule has 2 N–H and O–H groups in total. The summed E-state index contributed by atoms with van der Waals surface area (Å²) < 4.78 is 5.49. The first-order valence-corrected chi connectivity index (χ1v) is 8.72. The average molecular weight is 345 g/mol. The summed E-state index contributed by atoms with van der Waals surface area (Å²) in [4.78, 5) is 24.5. The summed E-state index contributed by atoms with van der Waals surface area (Å²) in [6.07, 6.45) is 1.76. The van der Waals surface area contributed by atoms with Gasteiger partial charge in [0.25, 0.3) is 5.91 Å². The molecule has 1 aromatic carbocycles. The van der Waals surface area contributed by atoms with Crippen LogP contribution in [0.25, 0.3) is 0 Å². The molecule has 126 valence electrons. The number of nitrogens with one attached hydrogen (secondary N) is 1. The van der Waals surface area contributed by atoms with Crippen molar-refractivity contribution in [2.75, 3.05) is 19.8 Å². The highest BCUT2D eigenvalue weighted by molar-refractivity contribution is 7.10. The number of carbonyl (C=O) groups is 2. The second-order valence-corrected chi connectivity index (χ2v) is 6.88. The number of benzene rings is 1. The number of rotatable bonds is 5. The fraction of sp³-hybridized carbons (Fsp3) is 0.333. The van der Waals surface area contributed by atoms with Crippen molar-refractivity contribution < 1.29 is 19.4 Å². The number of aromatic carboxylic acids is 1. The predicted octanol–water partition coefficient (Wildman–Crippen LogP) is 2.92. The minimum absolute atomic E-state index is 0.0803. The van der Waals surface area contributed by atoms with Gasteiger partial charge < -0.3 is 15.2 Å². The molecule has 1 aromatic heterocycles. The van der Waals surface area contributed by atoms with E-state index >= 15 is 0 Å². The van der Waals surface area contributed by atoms with Gasteiger partial charge in [0.05, 0.1) is 5.56 Å². The van der Waals surface area contributed by atoms with Gasteiger partial charge in [0.2, 0.25) is 0 Å². The lowest BCUT2D eigenvalue weighted by Gasteiger charge is -2.36. The molecule has 0 atom stereocenters. The van der Waals surface area contributed by atoms with Gasteiger partial charge >= 0.3 is 5.97 Å². The first-order valence-electron chi connectivity index (χ1n) is 7.84. The third kappa shape index (κ3) is 3.49.